The topological polar surface area (TPSA) is 72.2 Å². The molecule has 0 fully saturated rings. The molecule has 0 atom stereocenters. The minimum Gasteiger partial charge on any atom is -0.366 e. The third-order valence-electron chi connectivity index (χ3n) is 5.23. The highest BCUT2D eigenvalue weighted by atomic mass is 16.2. The van der Waals surface area contributed by atoms with E-state index in [4.69, 9.17) is 5.73 Å². The highest BCUT2D eigenvalue weighted by molar-refractivity contribution is 5.95. The van der Waals surface area contributed by atoms with E-state index in [1.54, 1.807) is 6.07 Å². The number of carbonyl (C=O) groups excluding carboxylic acids is 2. The van der Waals surface area contributed by atoms with Crippen molar-refractivity contribution in [3.63, 3.8) is 0 Å². The van der Waals surface area contributed by atoms with Crippen LogP contribution in [0, 0.1) is 0 Å². The maximum atomic E-state index is 11.6. The number of fused-ring (bicyclic) bond motifs is 1. The number of nitrogens with two attached hydrogens (primary N) is 1. The van der Waals surface area contributed by atoms with E-state index in [9.17, 15) is 9.59 Å². The van der Waals surface area contributed by atoms with Gasteiger partial charge in [-0.15, -0.1) is 0 Å². The van der Waals surface area contributed by atoms with Crippen molar-refractivity contribution in [2.45, 2.75) is 25.7 Å². The van der Waals surface area contributed by atoms with Gasteiger partial charge in [-0.2, -0.15) is 0 Å². The second-order valence-corrected chi connectivity index (χ2v) is 7.14. The van der Waals surface area contributed by atoms with Gasteiger partial charge in [0.25, 0.3) is 0 Å². The monoisotopic (exact) mass is 370 g/mol. The first-order valence-electron chi connectivity index (χ1n) is 9.50. The lowest BCUT2D eigenvalue weighted by Gasteiger charge is -2.18. The van der Waals surface area contributed by atoms with Crippen LogP contribution in [0.5, 0.6) is 0 Å². The van der Waals surface area contributed by atoms with Crippen LogP contribution in [0.25, 0.3) is 11.1 Å². The molecule has 1 aliphatic rings. The number of amides is 2. The first kappa shape index (κ1) is 18.0. The fourth-order valence-corrected chi connectivity index (χ4v) is 3.73. The Kier molecular flexibility index (Phi) is 4.94. The fourth-order valence-electron chi connectivity index (χ4n) is 3.73. The summed E-state index contributed by atoms with van der Waals surface area (Å²) in [5, 5.41) is 2.93. The van der Waals surface area contributed by atoms with Gasteiger partial charge in [0.05, 0.1) is 0 Å². The summed E-state index contributed by atoms with van der Waals surface area (Å²) in [6.45, 7) is 0. The van der Waals surface area contributed by atoms with Gasteiger partial charge in [0.15, 0.2) is 0 Å². The molecule has 4 nitrogen and oxygen atoms in total. The normalized spacial score (nSPS) is 12.9. The van der Waals surface area contributed by atoms with Gasteiger partial charge >= 0.3 is 0 Å². The van der Waals surface area contributed by atoms with Gasteiger partial charge in [-0.1, -0.05) is 48.5 Å². The largest absolute Gasteiger partial charge is 0.366 e. The first-order valence-corrected chi connectivity index (χ1v) is 9.50. The third kappa shape index (κ3) is 3.81. The maximum absolute atomic E-state index is 11.6. The van der Waals surface area contributed by atoms with Crippen LogP contribution in [0.4, 0.5) is 5.69 Å². The summed E-state index contributed by atoms with van der Waals surface area (Å²) in [6, 6.07) is 22.2. The summed E-state index contributed by atoms with van der Waals surface area (Å²) in [5.41, 5.74) is 12.7. The second kappa shape index (κ2) is 7.69. The van der Waals surface area contributed by atoms with E-state index in [0.717, 1.165) is 41.6 Å². The van der Waals surface area contributed by atoms with E-state index >= 15 is 0 Å². The van der Waals surface area contributed by atoms with Gasteiger partial charge in [0, 0.05) is 17.7 Å². The lowest BCUT2D eigenvalue weighted by Crippen LogP contribution is -2.18. The number of anilines is 1. The van der Waals surface area contributed by atoms with E-state index in [0.29, 0.717) is 12.0 Å². The summed E-state index contributed by atoms with van der Waals surface area (Å²) in [6.07, 6.45) is 2.91. The van der Waals surface area contributed by atoms with Gasteiger partial charge in [0.2, 0.25) is 11.8 Å². The van der Waals surface area contributed by atoms with Crippen LogP contribution in [0.3, 0.4) is 0 Å². The molecule has 0 bridgehead atoms. The molecule has 1 aliphatic heterocycles. The highest BCUT2D eigenvalue weighted by Gasteiger charge is 2.15. The van der Waals surface area contributed by atoms with Crippen LogP contribution >= 0.6 is 0 Å². The molecule has 28 heavy (non-hydrogen) atoms. The number of primary amides is 1. The number of benzene rings is 3. The molecule has 140 valence electrons. The lowest BCUT2D eigenvalue weighted by atomic mass is 9.94. The standard InChI is InChI=1S/C24H22N2O2/c25-24(28)21-7-2-1-5-17(21)9-8-16-4-3-6-18(14-16)19-10-12-22-20(15-19)11-13-23(27)26-22/h1-7,10,12,14-15H,8-9,11,13H2,(H2,25,28)(H,26,27). The first-order chi connectivity index (χ1) is 13.6. The zero-order chi connectivity index (χ0) is 19.5. The van der Waals surface area contributed by atoms with E-state index in [-0.39, 0.29) is 11.8 Å². The van der Waals surface area contributed by atoms with Crippen molar-refractivity contribution < 1.29 is 9.59 Å². The average Bonchev–Trinajstić information content (AvgIpc) is 2.72. The number of nitrogens with one attached hydrogen (secondary N) is 1. The number of carbonyl (C=O) groups is 2. The number of hydrogen-bond donors (Lipinski definition) is 2. The Labute approximate surface area is 164 Å². The molecule has 4 rings (SSSR count). The van der Waals surface area contributed by atoms with Gasteiger partial charge in [-0.3, -0.25) is 9.59 Å². The predicted molar refractivity (Wildman–Crippen MR) is 111 cm³/mol. The van der Waals surface area contributed by atoms with Gasteiger partial charge < -0.3 is 11.1 Å². The molecule has 0 spiro atoms. The Morgan fingerprint density at radius 2 is 1.71 bits per heavy atom. The molecular formula is C24H22N2O2. The lowest BCUT2D eigenvalue weighted by molar-refractivity contribution is -0.116. The van der Waals surface area contributed by atoms with Crippen LogP contribution in [-0.2, 0) is 24.1 Å². The molecule has 3 N–H and O–H groups in total. The molecular weight excluding hydrogens is 348 g/mol. The molecule has 0 radical (unpaired) electrons. The molecule has 0 aliphatic carbocycles. The highest BCUT2D eigenvalue weighted by Crippen LogP contribution is 2.29. The van der Waals surface area contributed by atoms with E-state index in [2.05, 4.69) is 35.6 Å². The zero-order valence-electron chi connectivity index (χ0n) is 15.6. The van der Waals surface area contributed by atoms with Crippen LogP contribution in [0.1, 0.15) is 33.5 Å². The molecule has 0 saturated carbocycles. The summed E-state index contributed by atoms with van der Waals surface area (Å²) in [5.74, 6) is -0.302. The minimum atomic E-state index is -0.384. The number of hydrogen-bond acceptors (Lipinski definition) is 2. The Bertz CT molecular complexity index is 1060. The van der Waals surface area contributed by atoms with Crippen LogP contribution in [0.2, 0.25) is 0 Å². The molecule has 0 saturated heterocycles. The van der Waals surface area contributed by atoms with Gasteiger partial charge in [-0.05, 0) is 65.3 Å². The summed E-state index contributed by atoms with van der Waals surface area (Å²) in [7, 11) is 0. The van der Waals surface area contributed by atoms with Crippen LogP contribution < -0.4 is 11.1 Å². The third-order valence-corrected chi connectivity index (χ3v) is 5.23. The average molecular weight is 370 g/mol. The van der Waals surface area contributed by atoms with Crippen molar-refractivity contribution in [3.05, 3.63) is 89.0 Å². The van der Waals surface area contributed by atoms with Crippen molar-refractivity contribution in [3.8, 4) is 11.1 Å². The zero-order valence-corrected chi connectivity index (χ0v) is 15.6. The summed E-state index contributed by atoms with van der Waals surface area (Å²) in [4.78, 5) is 23.1. The number of rotatable bonds is 5. The molecule has 3 aromatic carbocycles. The minimum absolute atomic E-state index is 0.0819. The van der Waals surface area contributed by atoms with Gasteiger partial charge in [-0.25, -0.2) is 0 Å². The molecule has 3 aromatic rings. The van der Waals surface area contributed by atoms with Crippen molar-refractivity contribution in [2.75, 3.05) is 5.32 Å². The molecule has 0 aromatic heterocycles. The summed E-state index contributed by atoms with van der Waals surface area (Å²) < 4.78 is 0. The van der Waals surface area contributed by atoms with Crippen LogP contribution in [-0.4, -0.2) is 11.8 Å². The fraction of sp³-hybridized carbons (Fsp3) is 0.167. The Hall–Kier alpha value is -3.40. The van der Waals surface area contributed by atoms with Crippen LogP contribution in [0.15, 0.2) is 66.7 Å². The molecule has 0 unspecified atom stereocenters. The maximum Gasteiger partial charge on any atom is 0.248 e. The second-order valence-electron chi connectivity index (χ2n) is 7.14. The molecule has 1 heterocycles. The van der Waals surface area contributed by atoms with Gasteiger partial charge in [0.1, 0.15) is 0 Å². The Morgan fingerprint density at radius 1 is 0.893 bits per heavy atom. The smallest absolute Gasteiger partial charge is 0.248 e. The van der Waals surface area contributed by atoms with Crippen molar-refractivity contribution >= 4 is 17.5 Å². The SMILES string of the molecule is NC(=O)c1ccccc1CCc1cccc(-c2ccc3c(c2)CCC(=O)N3)c1. The quantitative estimate of drug-likeness (QED) is 0.709. The molecule has 2 amide bonds. The van der Waals surface area contributed by atoms with Crippen molar-refractivity contribution in [2.24, 2.45) is 5.73 Å². The predicted octanol–water partition coefficient (Wildman–Crippen LogP) is 4.12. The van der Waals surface area contributed by atoms with Crippen molar-refractivity contribution in [1.82, 2.24) is 0 Å². The molecule has 4 heteroatoms. The summed E-state index contributed by atoms with van der Waals surface area (Å²) >= 11 is 0. The Morgan fingerprint density at radius 3 is 2.57 bits per heavy atom. The van der Waals surface area contributed by atoms with Crippen molar-refractivity contribution in [1.29, 1.82) is 0 Å². The van der Waals surface area contributed by atoms with E-state index in [1.165, 1.54) is 11.1 Å². The van der Waals surface area contributed by atoms with E-state index in [1.807, 2.05) is 30.3 Å². The number of aryl methyl sites for hydroxylation is 3. The van der Waals surface area contributed by atoms with E-state index < -0.39 is 0 Å². The Balaban J connectivity index is 1.54.